The van der Waals surface area contributed by atoms with E-state index in [0.717, 1.165) is 35.0 Å². The number of thioether (sulfide) groups is 1. The lowest BCUT2D eigenvalue weighted by Crippen LogP contribution is -2.01. The Morgan fingerprint density at radius 3 is 2.42 bits per heavy atom. The van der Waals surface area contributed by atoms with Crippen molar-refractivity contribution in [2.45, 2.75) is 37.7 Å². The Morgan fingerprint density at radius 1 is 1.04 bits per heavy atom. The molecule has 0 saturated carbocycles. The molecule has 0 bridgehead atoms. The molecule has 0 spiro atoms. The maximum absolute atomic E-state index is 13.0. The van der Waals surface area contributed by atoms with Crippen molar-refractivity contribution in [2.24, 2.45) is 0 Å². The average Bonchev–Trinajstić information content (AvgIpc) is 3.02. The van der Waals surface area contributed by atoms with Gasteiger partial charge in [-0.25, -0.2) is 4.39 Å². The van der Waals surface area contributed by atoms with Crippen LogP contribution in [0.15, 0.2) is 48.5 Å². The second kappa shape index (κ2) is 9.14. The third-order valence-corrected chi connectivity index (χ3v) is 5.44. The Bertz CT molecular complexity index is 883. The minimum absolute atomic E-state index is 0.206. The van der Waals surface area contributed by atoms with Gasteiger partial charge in [0.15, 0.2) is 4.77 Å². The number of hydrogen-bond acceptors (Lipinski definition) is 3. The fraction of sp³-hybridized carbons (Fsp3) is 0.300. The monoisotopic (exact) mass is 387 g/mol. The lowest BCUT2D eigenvalue weighted by molar-refractivity contribution is 0.627. The second-order valence-electron chi connectivity index (χ2n) is 6.17. The molecule has 1 aromatic heterocycles. The number of hydrogen-bond donors (Lipinski definition) is 1. The van der Waals surface area contributed by atoms with Crippen LogP contribution in [0.25, 0.3) is 5.69 Å². The highest BCUT2D eigenvalue weighted by atomic mass is 32.2. The third kappa shape index (κ3) is 4.83. The standard InChI is InChI=1S/C20H22FN3S2/c1-2-3-4-15-7-11-18(12-8-15)24-19(22-23-20(24)25)14-26-13-16-5-9-17(21)10-6-16/h5-12H,2-4,13-14H2,1H3,(H,23,25). The topological polar surface area (TPSA) is 33.6 Å². The van der Waals surface area contributed by atoms with Crippen molar-refractivity contribution in [3.8, 4) is 5.69 Å². The summed E-state index contributed by atoms with van der Waals surface area (Å²) in [5, 5.41) is 7.27. The van der Waals surface area contributed by atoms with Gasteiger partial charge in [-0.15, -0.1) is 11.8 Å². The van der Waals surface area contributed by atoms with Gasteiger partial charge in [0, 0.05) is 11.4 Å². The van der Waals surface area contributed by atoms with Crippen molar-refractivity contribution in [1.82, 2.24) is 14.8 Å². The molecule has 2 aromatic carbocycles. The fourth-order valence-corrected chi connectivity index (χ4v) is 3.89. The van der Waals surface area contributed by atoms with Gasteiger partial charge in [0.25, 0.3) is 0 Å². The summed E-state index contributed by atoms with van der Waals surface area (Å²) in [6.07, 6.45) is 3.51. The summed E-state index contributed by atoms with van der Waals surface area (Å²) < 4.78 is 15.6. The van der Waals surface area contributed by atoms with E-state index in [1.165, 1.54) is 30.5 Å². The van der Waals surface area contributed by atoms with E-state index in [0.29, 0.717) is 4.77 Å². The SMILES string of the molecule is CCCCc1ccc(-n2c(CSCc3ccc(F)cc3)n[nH]c2=S)cc1. The molecule has 0 saturated heterocycles. The van der Waals surface area contributed by atoms with E-state index >= 15 is 0 Å². The summed E-state index contributed by atoms with van der Waals surface area (Å²) in [5.41, 5.74) is 3.47. The lowest BCUT2D eigenvalue weighted by Gasteiger charge is -2.08. The summed E-state index contributed by atoms with van der Waals surface area (Å²) >= 11 is 7.14. The molecule has 1 heterocycles. The Balaban J connectivity index is 1.68. The molecule has 0 amide bonds. The van der Waals surface area contributed by atoms with Gasteiger partial charge in [-0.1, -0.05) is 37.6 Å². The summed E-state index contributed by atoms with van der Waals surface area (Å²) in [6, 6.07) is 15.1. The van der Waals surface area contributed by atoms with E-state index in [4.69, 9.17) is 12.2 Å². The first-order valence-corrected chi connectivity index (χ1v) is 10.3. The molecule has 3 nitrogen and oxygen atoms in total. The molecule has 3 rings (SSSR count). The Labute approximate surface area is 162 Å². The zero-order valence-corrected chi connectivity index (χ0v) is 16.4. The van der Waals surface area contributed by atoms with Crippen LogP contribution >= 0.6 is 24.0 Å². The molecular weight excluding hydrogens is 365 g/mol. The summed E-state index contributed by atoms with van der Waals surface area (Å²) in [5.74, 6) is 2.21. The number of H-pyrrole nitrogens is 1. The number of nitrogens with one attached hydrogen (secondary N) is 1. The Kier molecular flexibility index (Phi) is 6.63. The van der Waals surface area contributed by atoms with Crippen LogP contribution in [0, 0.1) is 10.6 Å². The van der Waals surface area contributed by atoms with Crippen LogP contribution in [0.3, 0.4) is 0 Å². The lowest BCUT2D eigenvalue weighted by atomic mass is 10.1. The predicted molar refractivity (Wildman–Crippen MR) is 109 cm³/mol. The molecule has 26 heavy (non-hydrogen) atoms. The van der Waals surface area contributed by atoms with Crippen LogP contribution < -0.4 is 0 Å². The highest BCUT2D eigenvalue weighted by molar-refractivity contribution is 7.97. The maximum Gasteiger partial charge on any atom is 0.199 e. The van der Waals surface area contributed by atoms with Crippen LogP contribution in [0.2, 0.25) is 0 Å². The number of unbranched alkanes of at least 4 members (excludes halogenated alkanes) is 1. The molecule has 1 N–H and O–H groups in total. The van der Waals surface area contributed by atoms with E-state index in [1.807, 2.05) is 16.7 Å². The van der Waals surface area contributed by atoms with Gasteiger partial charge in [0.05, 0.1) is 5.75 Å². The van der Waals surface area contributed by atoms with Gasteiger partial charge in [-0.3, -0.25) is 9.67 Å². The van der Waals surface area contributed by atoms with Crippen molar-refractivity contribution < 1.29 is 4.39 Å². The Hall–Kier alpha value is -1.92. The normalized spacial score (nSPS) is 11.0. The predicted octanol–water partition coefficient (Wildman–Crippen LogP) is 5.84. The van der Waals surface area contributed by atoms with E-state index < -0.39 is 0 Å². The quantitative estimate of drug-likeness (QED) is 0.493. The van der Waals surface area contributed by atoms with E-state index in [-0.39, 0.29) is 5.82 Å². The molecule has 0 unspecified atom stereocenters. The van der Waals surface area contributed by atoms with Crippen molar-refractivity contribution in [1.29, 1.82) is 0 Å². The van der Waals surface area contributed by atoms with Crippen LogP contribution in [-0.2, 0) is 17.9 Å². The molecule has 6 heteroatoms. The molecule has 0 fully saturated rings. The first-order valence-electron chi connectivity index (χ1n) is 8.75. The van der Waals surface area contributed by atoms with E-state index in [1.54, 1.807) is 11.8 Å². The number of aryl methyl sites for hydroxylation is 1. The van der Waals surface area contributed by atoms with Gasteiger partial charge in [-0.05, 0) is 60.5 Å². The molecular formula is C20H22FN3S2. The molecule has 136 valence electrons. The summed E-state index contributed by atoms with van der Waals surface area (Å²) in [7, 11) is 0. The van der Waals surface area contributed by atoms with Crippen LogP contribution in [0.1, 0.15) is 36.7 Å². The number of benzene rings is 2. The van der Waals surface area contributed by atoms with E-state index in [2.05, 4.69) is 41.4 Å². The minimum atomic E-state index is -0.206. The van der Waals surface area contributed by atoms with Crippen LogP contribution in [0.4, 0.5) is 4.39 Å². The fourth-order valence-electron chi connectivity index (χ4n) is 2.73. The number of aromatic amines is 1. The van der Waals surface area contributed by atoms with Crippen molar-refractivity contribution in [2.75, 3.05) is 0 Å². The third-order valence-electron chi connectivity index (χ3n) is 4.17. The number of aromatic nitrogens is 3. The van der Waals surface area contributed by atoms with Gasteiger partial charge in [0.2, 0.25) is 0 Å². The first kappa shape index (κ1) is 18.9. The van der Waals surface area contributed by atoms with Gasteiger partial charge in [-0.2, -0.15) is 5.10 Å². The van der Waals surface area contributed by atoms with Gasteiger partial charge >= 0.3 is 0 Å². The maximum atomic E-state index is 13.0. The number of halogens is 1. The largest absolute Gasteiger partial charge is 0.271 e. The molecule has 0 aliphatic carbocycles. The highest BCUT2D eigenvalue weighted by Gasteiger charge is 2.09. The van der Waals surface area contributed by atoms with Crippen LogP contribution in [-0.4, -0.2) is 14.8 Å². The van der Waals surface area contributed by atoms with Gasteiger partial charge in [0.1, 0.15) is 11.6 Å². The van der Waals surface area contributed by atoms with Crippen molar-refractivity contribution in [3.05, 3.63) is 76.1 Å². The average molecular weight is 388 g/mol. The second-order valence-corrected chi connectivity index (χ2v) is 7.54. The Morgan fingerprint density at radius 2 is 1.73 bits per heavy atom. The number of rotatable bonds is 8. The molecule has 0 aliphatic heterocycles. The zero-order chi connectivity index (χ0) is 18.4. The van der Waals surface area contributed by atoms with Crippen molar-refractivity contribution >= 4 is 24.0 Å². The summed E-state index contributed by atoms with van der Waals surface area (Å²) in [6.45, 7) is 2.20. The summed E-state index contributed by atoms with van der Waals surface area (Å²) in [4.78, 5) is 0. The molecule has 0 atom stereocenters. The molecule has 0 radical (unpaired) electrons. The van der Waals surface area contributed by atoms with E-state index in [9.17, 15) is 4.39 Å². The smallest absolute Gasteiger partial charge is 0.199 e. The highest BCUT2D eigenvalue weighted by Crippen LogP contribution is 2.20. The number of nitrogens with zero attached hydrogens (tertiary/aromatic N) is 2. The molecule has 0 aliphatic rings. The minimum Gasteiger partial charge on any atom is -0.271 e. The molecule has 3 aromatic rings. The van der Waals surface area contributed by atoms with Crippen molar-refractivity contribution in [3.63, 3.8) is 0 Å². The van der Waals surface area contributed by atoms with Gasteiger partial charge < -0.3 is 0 Å². The zero-order valence-electron chi connectivity index (χ0n) is 14.7. The first-order chi connectivity index (χ1) is 12.7. The van der Waals surface area contributed by atoms with Crippen LogP contribution in [0.5, 0.6) is 0 Å².